The van der Waals surface area contributed by atoms with Crippen LogP contribution in [0.3, 0.4) is 0 Å². The summed E-state index contributed by atoms with van der Waals surface area (Å²) in [6.07, 6.45) is -26.7. The molecule has 2 unspecified atom stereocenters. The zero-order chi connectivity index (χ0) is 16.4. The van der Waals surface area contributed by atoms with Crippen LogP contribution in [0.1, 0.15) is 0 Å². The van der Waals surface area contributed by atoms with Crippen molar-refractivity contribution in [2.45, 2.75) is 36.2 Å². The maximum atomic E-state index is 13.2. The zero-order valence-corrected chi connectivity index (χ0v) is 8.42. The van der Waals surface area contributed by atoms with E-state index >= 15 is 0 Å². The van der Waals surface area contributed by atoms with Crippen molar-refractivity contribution in [1.29, 1.82) is 0 Å². The molecule has 14 heteroatoms. The lowest BCUT2D eigenvalue weighted by atomic mass is 10.0. The molecule has 0 aliphatic carbocycles. The van der Waals surface area contributed by atoms with Gasteiger partial charge in [-0.15, -0.1) is 0 Å². The predicted molar refractivity (Wildman–Crippen MR) is 33.0 cm³/mol. The summed E-state index contributed by atoms with van der Waals surface area (Å²) >= 11 is 0. The minimum absolute atomic E-state index is 1.91. The third-order valence-corrected chi connectivity index (χ3v) is 2.07. The Balaban J connectivity index is 3.55. The van der Waals surface area contributed by atoms with Gasteiger partial charge in [-0.05, 0) is 0 Å². The summed E-state index contributed by atoms with van der Waals surface area (Å²) in [5, 5.41) is 8.45. The van der Waals surface area contributed by atoms with E-state index in [1.165, 1.54) is 0 Å². The van der Waals surface area contributed by atoms with Gasteiger partial charge in [0.05, 0.1) is 0 Å². The number of aliphatic hydroxyl groups is 1. The van der Waals surface area contributed by atoms with Crippen LogP contribution in [-0.4, -0.2) is 41.3 Å². The van der Waals surface area contributed by atoms with Crippen LogP contribution in [0.4, 0.5) is 48.3 Å². The van der Waals surface area contributed by atoms with Crippen LogP contribution in [0, 0.1) is 0 Å². The Hall–Kier alpha value is -0.890. The Morgan fingerprint density at radius 3 is 1.30 bits per heavy atom. The molecular weight excluding hydrogens is 329 g/mol. The van der Waals surface area contributed by atoms with Crippen LogP contribution in [0.2, 0.25) is 0 Å². The van der Waals surface area contributed by atoms with Gasteiger partial charge in [0.2, 0.25) is 0 Å². The first-order chi connectivity index (χ1) is 8.41. The summed E-state index contributed by atoms with van der Waals surface area (Å²) in [6, 6.07) is 0. The van der Waals surface area contributed by atoms with Crippen LogP contribution in [-0.2, 0) is 9.47 Å². The molecule has 0 aromatic heterocycles. The van der Waals surface area contributed by atoms with Gasteiger partial charge in [-0.1, -0.05) is 0 Å². The Morgan fingerprint density at radius 2 is 1.00 bits per heavy atom. The van der Waals surface area contributed by atoms with Crippen molar-refractivity contribution in [3.05, 3.63) is 0 Å². The summed E-state index contributed by atoms with van der Waals surface area (Å²) in [6.45, 7) is 0. The van der Waals surface area contributed by atoms with Crippen molar-refractivity contribution in [2.24, 2.45) is 0 Å². The normalized spacial score (nSPS) is 37.8. The molecular formula is C6HF11O3. The number of ether oxygens (including phenoxy) is 2. The number of halogens is 11. The van der Waals surface area contributed by atoms with Gasteiger partial charge in [-0.3, -0.25) is 9.47 Å². The lowest BCUT2D eigenvalue weighted by Crippen LogP contribution is -2.78. The van der Waals surface area contributed by atoms with E-state index in [1.807, 2.05) is 9.47 Å². The molecule has 2 atom stereocenters. The first-order valence-corrected chi connectivity index (χ1v) is 4.12. The minimum Gasteiger partial charge on any atom is -0.354 e. The molecule has 0 saturated carbocycles. The summed E-state index contributed by atoms with van der Waals surface area (Å²) < 4.78 is 140. The maximum Gasteiger partial charge on any atom is 0.454 e. The molecule has 0 aromatic rings. The molecule has 0 radical (unpaired) electrons. The minimum atomic E-state index is -6.98. The Labute approximate surface area is 100 Å². The highest BCUT2D eigenvalue weighted by Crippen LogP contribution is 2.60. The maximum absolute atomic E-state index is 13.2. The smallest absolute Gasteiger partial charge is 0.354 e. The van der Waals surface area contributed by atoms with E-state index < -0.39 is 36.2 Å². The second-order valence-corrected chi connectivity index (χ2v) is 3.47. The van der Waals surface area contributed by atoms with Crippen molar-refractivity contribution in [3.63, 3.8) is 0 Å². The number of rotatable bonds is 0. The lowest BCUT2D eigenvalue weighted by Gasteiger charge is -2.48. The second kappa shape index (κ2) is 3.85. The van der Waals surface area contributed by atoms with E-state index in [1.54, 1.807) is 0 Å². The molecule has 3 nitrogen and oxygen atoms in total. The lowest BCUT2D eigenvalue weighted by molar-refractivity contribution is -0.630. The molecule has 1 saturated heterocycles. The van der Waals surface area contributed by atoms with Gasteiger partial charge in [-0.2, -0.15) is 48.3 Å². The highest BCUT2D eigenvalue weighted by Gasteiger charge is 2.90. The van der Waals surface area contributed by atoms with Crippen molar-refractivity contribution in [3.8, 4) is 0 Å². The van der Waals surface area contributed by atoms with Crippen LogP contribution < -0.4 is 0 Å². The van der Waals surface area contributed by atoms with Crippen molar-refractivity contribution in [2.75, 3.05) is 0 Å². The Bertz CT molecular complexity index is 362. The average molecular weight is 330 g/mol. The number of hydrogen-bond donors (Lipinski definition) is 1. The SMILES string of the molecule is OC1(C(F)(F)F)OC(F)(F)C(F)(F)OC1(F)C(F)(F)F. The standard InChI is InChI=1S/C6HF11O3/c7-1(3(8,9)10)2(18,4(11,12)13)20-6(16,17)5(14,15)19-1/h18H. The van der Waals surface area contributed by atoms with E-state index in [0.717, 1.165) is 0 Å². The first kappa shape index (κ1) is 17.2. The molecule has 1 N–H and O–H groups in total. The topological polar surface area (TPSA) is 38.7 Å². The van der Waals surface area contributed by atoms with Crippen molar-refractivity contribution < 1.29 is 62.9 Å². The van der Waals surface area contributed by atoms with Gasteiger partial charge < -0.3 is 5.11 Å². The third kappa shape index (κ3) is 2.00. The van der Waals surface area contributed by atoms with E-state index in [0.29, 0.717) is 0 Å². The monoisotopic (exact) mass is 330 g/mol. The fraction of sp³-hybridized carbons (Fsp3) is 1.00. The largest absolute Gasteiger partial charge is 0.454 e. The van der Waals surface area contributed by atoms with E-state index in [2.05, 4.69) is 0 Å². The van der Waals surface area contributed by atoms with Crippen LogP contribution in [0.15, 0.2) is 0 Å². The third-order valence-electron chi connectivity index (χ3n) is 2.07. The van der Waals surface area contributed by atoms with Gasteiger partial charge in [0.1, 0.15) is 0 Å². The van der Waals surface area contributed by atoms with E-state index in [4.69, 9.17) is 5.11 Å². The highest BCUT2D eigenvalue weighted by atomic mass is 19.4. The summed E-state index contributed by atoms with van der Waals surface area (Å²) in [7, 11) is 0. The summed E-state index contributed by atoms with van der Waals surface area (Å²) in [5.74, 6) is -13.1. The zero-order valence-electron chi connectivity index (χ0n) is 8.42. The molecule has 120 valence electrons. The molecule has 1 aliphatic heterocycles. The Kier molecular flexibility index (Phi) is 3.30. The molecule has 1 heterocycles. The molecule has 0 aromatic carbocycles. The predicted octanol–water partition coefficient (Wildman–Crippen LogP) is 2.70. The molecule has 0 bridgehead atoms. The molecule has 1 fully saturated rings. The van der Waals surface area contributed by atoms with Crippen LogP contribution in [0.5, 0.6) is 0 Å². The molecule has 1 rings (SSSR count). The molecule has 0 spiro atoms. The Morgan fingerprint density at radius 1 is 0.650 bits per heavy atom. The summed E-state index contributed by atoms with van der Waals surface area (Å²) in [5.41, 5.74) is 0. The van der Waals surface area contributed by atoms with Gasteiger partial charge >= 0.3 is 36.2 Å². The van der Waals surface area contributed by atoms with Gasteiger partial charge in [-0.25, -0.2) is 0 Å². The molecule has 1 aliphatic rings. The highest BCUT2D eigenvalue weighted by molar-refractivity contribution is 5.03. The second-order valence-electron chi connectivity index (χ2n) is 3.47. The van der Waals surface area contributed by atoms with Gasteiger partial charge in [0, 0.05) is 0 Å². The van der Waals surface area contributed by atoms with E-state index in [-0.39, 0.29) is 0 Å². The van der Waals surface area contributed by atoms with Crippen LogP contribution in [0.25, 0.3) is 0 Å². The van der Waals surface area contributed by atoms with Crippen molar-refractivity contribution >= 4 is 0 Å². The summed E-state index contributed by atoms with van der Waals surface area (Å²) in [4.78, 5) is 0. The number of hydrogen-bond acceptors (Lipinski definition) is 3. The fourth-order valence-corrected chi connectivity index (χ4v) is 1.11. The van der Waals surface area contributed by atoms with E-state index in [9.17, 15) is 48.3 Å². The van der Waals surface area contributed by atoms with Gasteiger partial charge in [0.25, 0.3) is 0 Å². The molecule has 0 amide bonds. The number of alkyl halides is 11. The fourth-order valence-electron chi connectivity index (χ4n) is 1.11. The van der Waals surface area contributed by atoms with Crippen molar-refractivity contribution in [1.82, 2.24) is 0 Å². The van der Waals surface area contributed by atoms with Gasteiger partial charge in [0.15, 0.2) is 0 Å². The average Bonchev–Trinajstić information content (AvgIpc) is 2.09. The molecule has 20 heavy (non-hydrogen) atoms. The first-order valence-electron chi connectivity index (χ1n) is 4.12. The van der Waals surface area contributed by atoms with Crippen LogP contribution >= 0.6 is 0 Å². The quantitative estimate of drug-likeness (QED) is 0.694.